The summed E-state index contributed by atoms with van der Waals surface area (Å²) < 4.78 is 4.45. The fourth-order valence-corrected chi connectivity index (χ4v) is 2.75. The van der Waals surface area contributed by atoms with Gasteiger partial charge in [0.2, 0.25) is 0 Å². The molecule has 0 aliphatic rings. The van der Waals surface area contributed by atoms with E-state index in [1.165, 1.54) is 0 Å². The van der Waals surface area contributed by atoms with Crippen molar-refractivity contribution in [3.05, 3.63) is 46.5 Å². The van der Waals surface area contributed by atoms with Crippen LogP contribution in [0, 0.1) is 6.92 Å². The lowest BCUT2D eigenvalue weighted by molar-refractivity contribution is 0.102. The number of hydrogen-bond acceptors (Lipinski definition) is 3. The molecule has 0 aromatic carbocycles. The van der Waals surface area contributed by atoms with E-state index in [1.807, 2.05) is 17.7 Å². The first-order chi connectivity index (χ1) is 10.5. The number of amides is 1. The van der Waals surface area contributed by atoms with E-state index in [-0.39, 0.29) is 11.9 Å². The van der Waals surface area contributed by atoms with Gasteiger partial charge < -0.3 is 5.32 Å². The molecule has 0 bridgehead atoms. The van der Waals surface area contributed by atoms with Crippen molar-refractivity contribution in [2.45, 2.75) is 26.8 Å². The van der Waals surface area contributed by atoms with Crippen molar-refractivity contribution in [3.8, 4) is 0 Å². The zero-order valence-electron chi connectivity index (χ0n) is 12.5. The second-order valence-corrected chi connectivity index (χ2v) is 6.23. The first-order valence-electron chi connectivity index (χ1n) is 6.95. The Morgan fingerprint density at radius 3 is 2.73 bits per heavy atom. The van der Waals surface area contributed by atoms with E-state index in [0.29, 0.717) is 5.56 Å². The summed E-state index contributed by atoms with van der Waals surface area (Å²) in [5, 5.41) is 11.4. The highest BCUT2D eigenvalue weighted by Gasteiger charge is 2.13. The van der Waals surface area contributed by atoms with Gasteiger partial charge in [0.25, 0.3) is 5.91 Å². The van der Waals surface area contributed by atoms with Crippen LogP contribution in [0.15, 0.2) is 35.2 Å². The number of pyridine rings is 1. The van der Waals surface area contributed by atoms with Gasteiger partial charge in [0, 0.05) is 12.2 Å². The number of nitrogens with zero attached hydrogens (tertiary/aromatic N) is 4. The molecule has 0 radical (unpaired) electrons. The second kappa shape index (κ2) is 5.57. The van der Waals surface area contributed by atoms with Crippen LogP contribution in [0.2, 0.25) is 0 Å². The first-order valence-corrected chi connectivity index (χ1v) is 7.75. The highest BCUT2D eigenvalue weighted by atomic mass is 79.9. The third kappa shape index (κ3) is 2.52. The Morgan fingerprint density at radius 2 is 2.05 bits per heavy atom. The number of carbonyl (C=O) groups is 1. The summed E-state index contributed by atoms with van der Waals surface area (Å²) in [5.41, 5.74) is 3.12. The monoisotopic (exact) mass is 361 g/mol. The molecule has 0 saturated carbocycles. The van der Waals surface area contributed by atoms with Gasteiger partial charge in [-0.15, -0.1) is 0 Å². The molecule has 0 atom stereocenters. The smallest absolute Gasteiger partial charge is 0.257 e. The molecule has 7 heteroatoms. The van der Waals surface area contributed by atoms with Crippen molar-refractivity contribution >= 4 is 33.0 Å². The Morgan fingerprint density at radius 1 is 1.27 bits per heavy atom. The van der Waals surface area contributed by atoms with E-state index >= 15 is 0 Å². The minimum absolute atomic E-state index is 0.181. The van der Waals surface area contributed by atoms with Gasteiger partial charge in [0.1, 0.15) is 0 Å². The lowest BCUT2D eigenvalue weighted by atomic mass is 10.2. The molecule has 3 heterocycles. The molecular weight excluding hydrogens is 346 g/mol. The molecule has 0 fully saturated rings. The van der Waals surface area contributed by atoms with Gasteiger partial charge in [-0.3, -0.25) is 9.48 Å². The second-order valence-electron chi connectivity index (χ2n) is 5.38. The van der Waals surface area contributed by atoms with Gasteiger partial charge in [-0.05, 0) is 48.8 Å². The molecule has 0 saturated heterocycles. The molecule has 22 heavy (non-hydrogen) atoms. The normalized spacial score (nSPS) is 11.3. The lowest BCUT2D eigenvalue weighted by Gasteiger charge is -2.09. The number of halogens is 1. The van der Waals surface area contributed by atoms with Crippen molar-refractivity contribution in [2.24, 2.45) is 0 Å². The third-order valence-electron chi connectivity index (χ3n) is 3.51. The predicted molar refractivity (Wildman–Crippen MR) is 88.2 cm³/mol. The maximum Gasteiger partial charge on any atom is 0.257 e. The van der Waals surface area contributed by atoms with Gasteiger partial charge in [-0.25, -0.2) is 4.52 Å². The molecule has 0 aliphatic carbocycles. The number of fused-ring (bicyclic) bond motifs is 1. The van der Waals surface area contributed by atoms with Crippen molar-refractivity contribution in [2.75, 3.05) is 5.32 Å². The summed E-state index contributed by atoms with van der Waals surface area (Å²) in [5.74, 6) is -0.181. The van der Waals surface area contributed by atoms with Gasteiger partial charge in [0.15, 0.2) is 0 Å². The van der Waals surface area contributed by atoms with Crippen LogP contribution in [0.1, 0.15) is 35.9 Å². The minimum Gasteiger partial charge on any atom is -0.319 e. The highest BCUT2D eigenvalue weighted by molar-refractivity contribution is 9.10. The van der Waals surface area contributed by atoms with Crippen LogP contribution in [0.5, 0.6) is 0 Å². The highest BCUT2D eigenvalue weighted by Crippen LogP contribution is 2.20. The summed E-state index contributed by atoms with van der Waals surface area (Å²) in [6.45, 7) is 6.04. The van der Waals surface area contributed by atoms with E-state index in [2.05, 4.69) is 45.3 Å². The largest absolute Gasteiger partial charge is 0.319 e. The molecule has 1 amide bonds. The molecular formula is C15H16BrN5O. The number of rotatable bonds is 3. The molecule has 3 aromatic rings. The van der Waals surface area contributed by atoms with E-state index in [0.717, 1.165) is 21.4 Å². The molecule has 3 aromatic heterocycles. The van der Waals surface area contributed by atoms with Crippen LogP contribution in [-0.2, 0) is 0 Å². The van der Waals surface area contributed by atoms with E-state index in [9.17, 15) is 4.79 Å². The van der Waals surface area contributed by atoms with Gasteiger partial charge in [-0.2, -0.15) is 10.2 Å². The minimum atomic E-state index is -0.181. The average Bonchev–Trinajstić information content (AvgIpc) is 3.03. The van der Waals surface area contributed by atoms with Crippen LogP contribution in [0.25, 0.3) is 5.52 Å². The summed E-state index contributed by atoms with van der Waals surface area (Å²) in [7, 11) is 0. The SMILES string of the molecule is Cc1c(NC(=O)c2ccc3c(Br)cnn3c2)cnn1C(C)C. The zero-order valence-corrected chi connectivity index (χ0v) is 14.1. The molecule has 0 unspecified atom stereocenters. The topological polar surface area (TPSA) is 64.2 Å². The molecule has 6 nitrogen and oxygen atoms in total. The quantitative estimate of drug-likeness (QED) is 0.776. The fourth-order valence-electron chi connectivity index (χ4n) is 2.35. The van der Waals surface area contributed by atoms with Crippen molar-refractivity contribution < 1.29 is 4.79 Å². The maximum atomic E-state index is 12.4. The van der Waals surface area contributed by atoms with Crippen LogP contribution < -0.4 is 5.32 Å². The number of aromatic nitrogens is 4. The number of nitrogens with one attached hydrogen (secondary N) is 1. The molecule has 1 N–H and O–H groups in total. The molecule has 0 spiro atoms. The van der Waals surface area contributed by atoms with Crippen LogP contribution in [-0.4, -0.2) is 25.3 Å². The van der Waals surface area contributed by atoms with E-state index < -0.39 is 0 Å². The number of anilines is 1. The summed E-state index contributed by atoms with van der Waals surface area (Å²) >= 11 is 3.41. The van der Waals surface area contributed by atoms with Crippen LogP contribution in [0.4, 0.5) is 5.69 Å². The summed E-state index contributed by atoms with van der Waals surface area (Å²) in [6, 6.07) is 3.89. The molecule has 3 rings (SSSR count). The van der Waals surface area contributed by atoms with Gasteiger partial charge in [-0.1, -0.05) is 0 Å². The average molecular weight is 362 g/mol. The van der Waals surface area contributed by atoms with Crippen LogP contribution in [0.3, 0.4) is 0 Å². The number of hydrogen-bond donors (Lipinski definition) is 1. The fraction of sp³-hybridized carbons (Fsp3) is 0.267. The Labute approximate surface area is 136 Å². The summed E-state index contributed by atoms with van der Waals surface area (Å²) in [4.78, 5) is 12.4. The van der Waals surface area contributed by atoms with Crippen molar-refractivity contribution in [1.29, 1.82) is 0 Å². The third-order valence-corrected chi connectivity index (χ3v) is 4.12. The summed E-state index contributed by atoms with van der Waals surface area (Å²) in [6.07, 6.45) is 5.09. The Balaban J connectivity index is 1.87. The molecule has 114 valence electrons. The molecule has 0 aliphatic heterocycles. The predicted octanol–water partition coefficient (Wildman–Crippen LogP) is 3.43. The number of carbonyl (C=O) groups excluding carboxylic acids is 1. The maximum absolute atomic E-state index is 12.4. The van der Waals surface area contributed by atoms with Gasteiger partial charge >= 0.3 is 0 Å². The van der Waals surface area contributed by atoms with E-state index in [1.54, 1.807) is 29.2 Å². The van der Waals surface area contributed by atoms with Crippen LogP contribution >= 0.6 is 15.9 Å². The zero-order chi connectivity index (χ0) is 15.9. The lowest BCUT2D eigenvalue weighted by Crippen LogP contribution is -2.14. The standard InChI is InChI=1S/C15H16BrN5O/c1-9(2)21-10(3)13(7-18-21)19-15(22)11-4-5-14-12(16)6-17-20(14)8-11/h4-9H,1-3H3,(H,19,22). The Kier molecular flexibility index (Phi) is 3.74. The first kappa shape index (κ1) is 14.8. The van der Waals surface area contributed by atoms with E-state index in [4.69, 9.17) is 0 Å². The Bertz CT molecular complexity index is 849. The van der Waals surface area contributed by atoms with Crippen molar-refractivity contribution in [1.82, 2.24) is 19.4 Å². The van der Waals surface area contributed by atoms with Gasteiger partial charge in [0.05, 0.1) is 39.3 Å². The Hall–Kier alpha value is -2.15. The van der Waals surface area contributed by atoms with Crippen molar-refractivity contribution in [3.63, 3.8) is 0 Å².